The standard InChI is InChI=1S/C16H19N3O3/c1-21-14-4-3-13(15(9-14)22-2)11-19-16(20)18-10-12-5-7-17-8-6-12/h3-9H,10-11H2,1-2H3,(H2,18,19,20). The van der Waals surface area contributed by atoms with Crippen molar-refractivity contribution in [2.45, 2.75) is 13.1 Å². The topological polar surface area (TPSA) is 72.5 Å². The number of rotatable bonds is 6. The average molecular weight is 301 g/mol. The summed E-state index contributed by atoms with van der Waals surface area (Å²) in [5.74, 6) is 1.39. The molecule has 2 aromatic rings. The van der Waals surface area contributed by atoms with Crippen LogP contribution in [0.1, 0.15) is 11.1 Å². The van der Waals surface area contributed by atoms with Crippen LogP contribution in [0.4, 0.5) is 4.79 Å². The lowest BCUT2D eigenvalue weighted by Crippen LogP contribution is -2.34. The fraction of sp³-hybridized carbons (Fsp3) is 0.250. The van der Waals surface area contributed by atoms with Gasteiger partial charge in [-0.15, -0.1) is 0 Å². The summed E-state index contributed by atoms with van der Waals surface area (Å²) in [6.07, 6.45) is 3.38. The lowest BCUT2D eigenvalue weighted by atomic mass is 10.2. The summed E-state index contributed by atoms with van der Waals surface area (Å²) in [6, 6.07) is 8.94. The SMILES string of the molecule is COc1ccc(CNC(=O)NCc2ccncc2)c(OC)c1. The third-order valence-corrected chi connectivity index (χ3v) is 3.14. The van der Waals surface area contributed by atoms with Crippen LogP contribution in [0.2, 0.25) is 0 Å². The largest absolute Gasteiger partial charge is 0.497 e. The molecule has 0 aliphatic heterocycles. The van der Waals surface area contributed by atoms with Crippen LogP contribution in [0.15, 0.2) is 42.7 Å². The molecule has 22 heavy (non-hydrogen) atoms. The monoisotopic (exact) mass is 301 g/mol. The quantitative estimate of drug-likeness (QED) is 0.857. The van der Waals surface area contributed by atoms with Crippen LogP contribution in [0, 0.1) is 0 Å². The van der Waals surface area contributed by atoms with Gasteiger partial charge in [-0.3, -0.25) is 4.98 Å². The summed E-state index contributed by atoms with van der Waals surface area (Å²) in [4.78, 5) is 15.7. The summed E-state index contributed by atoms with van der Waals surface area (Å²) in [5, 5.41) is 5.58. The maximum atomic E-state index is 11.8. The van der Waals surface area contributed by atoms with Gasteiger partial charge in [0.2, 0.25) is 0 Å². The highest BCUT2D eigenvalue weighted by atomic mass is 16.5. The van der Waals surface area contributed by atoms with Crippen molar-refractivity contribution < 1.29 is 14.3 Å². The number of urea groups is 1. The molecule has 2 amide bonds. The van der Waals surface area contributed by atoms with E-state index in [0.29, 0.717) is 24.6 Å². The molecule has 0 fully saturated rings. The number of nitrogens with one attached hydrogen (secondary N) is 2. The molecule has 0 unspecified atom stereocenters. The van der Waals surface area contributed by atoms with Gasteiger partial charge in [-0.25, -0.2) is 4.79 Å². The first kappa shape index (κ1) is 15.6. The van der Waals surface area contributed by atoms with Crippen LogP contribution in [-0.2, 0) is 13.1 Å². The lowest BCUT2D eigenvalue weighted by Gasteiger charge is -2.12. The Balaban J connectivity index is 1.86. The number of benzene rings is 1. The first-order chi connectivity index (χ1) is 10.7. The van der Waals surface area contributed by atoms with E-state index < -0.39 is 0 Å². The Morgan fingerprint density at radius 1 is 1.05 bits per heavy atom. The fourth-order valence-corrected chi connectivity index (χ4v) is 1.92. The van der Waals surface area contributed by atoms with Crippen molar-refractivity contribution >= 4 is 6.03 Å². The van der Waals surface area contributed by atoms with Crippen molar-refractivity contribution in [1.82, 2.24) is 15.6 Å². The van der Waals surface area contributed by atoms with Gasteiger partial charge < -0.3 is 20.1 Å². The van der Waals surface area contributed by atoms with Gasteiger partial charge in [0.25, 0.3) is 0 Å². The maximum absolute atomic E-state index is 11.8. The number of amides is 2. The Hall–Kier alpha value is -2.76. The van der Waals surface area contributed by atoms with E-state index in [-0.39, 0.29) is 6.03 Å². The minimum Gasteiger partial charge on any atom is -0.497 e. The zero-order valence-electron chi connectivity index (χ0n) is 12.6. The molecule has 2 rings (SSSR count). The molecule has 1 aromatic carbocycles. The smallest absolute Gasteiger partial charge is 0.315 e. The second kappa shape index (κ2) is 7.87. The van der Waals surface area contributed by atoms with Crippen molar-refractivity contribution in [1.29, 1.82) is 0 Å². The Bertz CT molecular complexity index is 617. The number of carbonyl (C=O) groups excluding carboxylic acids is 1. The molecule has 0 saturated carbocycles. The number of hydrogen-bond donors (Lipinski definition) is 2. The third-order valence-electron chi connectivity index (χ3n) is 3.14. The molecule has 116 valence electrons. The highest BCUT2D eigenvalue weighted by Crippen LogP contribution is 2.24. The highest BCUT2D eigenvalue weighted by Gasteiger charge is 2.07. The average Bonchev–Trinajstić information content (AvgIpc) is 2.58. The first-order valence-corrected chi connectivity index (χ1v) is 6.84. The molecule has 0 atom stereocenters. The predicted molar refractivity (Wildman–Crippen MR) is 82.9 cm³/mol. The van der Waals surface area contributed by atoms with Gasteiger partial charge in [0, 0.05) is 37.1 Å². The first-order valence-electron chi connectivity index (χ1n) is 6.84. The molecule has 0 saturated heterocycles. The Morgan fingerprint density at radius 3 is 2.45 bits per heavy atom. The van der Waals surface area contributed by atoms with E-state index in [2.05, 4.69) is 15.6 Å². The van der Waals surface area contributed by atoms with E-state index in [9.17, 15) is 4.79 Å². The maximum Gasteiger partial charge on any atom is 0.315 e. The Kier molecular flexibility index (Phi) is 5.59. The molecule has 1 aromatic heterocycles. The molecular weight excluding hydrogens is 282 g/mol. The molecule has 0 bridgehead atoms. The van der Waals surface area contributed by atoms with Crippen molar-refractivity contribution in [3.63, 3.8) is 0 Å². The van der Waals surface area contributed by atoms with Gasteiger partial charge in [-0.2, -0.15) is 0 Å². The van der Waals surface area contributed by atoms with Gasteiger partial charge in [-0.1, -0.05) is 0 Å². The number of carbonyl (C=O) groups is 1. The molecule has 1 heterocycles. The van der Waals surface area contributed by atoms with Crippen LogP contribution < -0.4 is 20.1 Å². The van der Waals surface area contributed by atoms with E-state index in [1.807, 2.05) is 24.3 Å². The number of hydrogen-bond acceptors (Lipinski definition) is 4. The van der Waals surface area contributed by atoms with E-state index in [4.69, 9.17) is 9.47 Å². The number of methoxy groups -OCH3 is 2. The molecule has 0 radical (unpaired) electrons. The second-order valence-corrected chi connectivity index (χ2v) is 4.57. The fourth-order valence-electron chi connectivity index (χ4n) is 1.92. The molecular formula is C16H19N3O3. The van der Waals surface area contributed by atoms with Gasteiger partial charge in [0.05, 0.1) is 14.2 Å². The van der Waals surface area contributed by atoms with Crippen molar-refractivity contribution in [2.75, 3.05) is 14.2 Å². The Morgan fingerprint density at radius 2 is 1.77 bits per heavy atom. The number of ether oxygens (including phenoxy) is 2. The summed E-state index contributed by atoms with van der Waals surface area (Å²) in [7, 11) is 3.18. The van der Waals surface area contributed by atoms with Crippen LogP contribution in [0.5, 0.6) is 11.5 Å². The zero-order valence-corrected chi connectivity index (χ0v) is 12.6. The van der Waals surface area contributed by atoms with Crippen molar-refractivity contribution in [3.8, 4) is 11.5 Å². The molecule has 0 aliphatic rings. The minimum atomic E-state index is -0.241. The molecule has 0 aliphatic carbocycles. The number of nitrogens with zero attached hydrogens (tertiary/aromatic N) is 1. The van der Waals surface area contributed by atoms with Gasteiger partial charge in [-0.05, 0) is 29.8 Å². The van der Waals surface area contributed by atoms with Crippen molar-refractivity contribution in [2.24, 2.45) is 0 Å². The molecule has 2 N–H and O–H groups in total. The zero-order chi connectivity index (χ0) is 15.8. The normalized spacial score (nSPS) is 9.91. The van der Waals surface area contributed by atoms with Gasteiger partial charge in [0.15, 0.2) is 0 Å². The lowest BCUT2D eigenvalue weighted by molar-refractivity contribution is 0.240. The summed E-state index contributed by atoms with van der Waals surface area (Å²) >= 11 is 0. The second-order valence-electron chi connectivity index (χ2n) is 4.57. The minimum absolute atomic E-state index is 0.241. The van der Waals surface area contributed by atoms with E-state index in [0.717, 1.165) is 11.1 Å². The van der Waals surface area contributed by atoms with E-state index in [1.54, 1.807) is 32.7 Å². The van der Waals surface area contributed by atoms with E-state index in [1.165, 1.54) is 0 Å². The summed E-state index contributed by atoms with van der Waals surface area (Å²) in [6.45, 7) is 0.823. The number of aromatic nitrogens is 1. The molecule has 6 nitrogen and oxygen atoms in total. The van der Waals surface area contributed by atoms with Gasteiger partial charge in [0.1, 0.15) is 11.5 Å². The van der Waals surface area contributed by atoms with Gasteiger partial charge >= 0.3 is 6.03 Å². The summed E-state index contributed by atoms with van der Waals surface area (Å²) in [5.41, 5.74) is 1.87. The van der Waals surface area contributed by atoms with E-state index >= 15 is 0 Å². The predicted octanol–water partition coefficient (Wildman–Crippen LogP) is 2.10. The highest BCUT2D eigenvalue weighted by molar-refractivity contribution is 5.73. The third kappa shape index (κ3) is 4.37. The molecule has 0 spiro atoms. The number of pyridine rings is 1. The molecule has 6 heteroatoms. The van der Waals surface area contributed by atoms with Crippen LogP contribution in [0.25, 0.3) is 0 Å². The van der Waals surface area contributed by atoms with Crippen LogP contribution in [0.3, 0.4) is 0 Å². The van der Waals surface area contributed by atoms with Crippen LogP contribution in [-0.4, -0.2) is 25.2 Å². The Labute approximate surface area is 129 Å². The van der Waals surface area contributed by atoms with Crippen molar-refractivity contribution in [3.05, 3.63) is 53.9 Å². The summed E-state index contributed by atoms with van der Waals surface area (Å²) < 4.78 is 10.4. The van der Waals surface area contributed by atoms with Crippen LogP contribution >= 0.6 is 0 Å².